The first-order valence-electron chi connectivity index (χ1n) is 6.03. The van der Waals surface area contributed by atoms with Gasteiger partial charge in [-0.3, -0.25) is 4.90 Å². The minimum atomic E-state index is 0.171. The topological polar surface area (TPSA) is 32.5 Å². The molecule has 1 fully saturated rings. The number of nitrogens with two attached hydrogens (primary N) is 1. The molecule has 1 aliphatic rings. The van der Waals surface area contributed by atoms with Gasteiger partial charge in [0.1, 0.15) is 0 Å². The van der Waals surface area contributed by atoms with Gasteiger partial charge in [0.25, 0.3) is 0 Å². The van der Waals surface area contributed by atoms with Crippen molar-refractivity contribution in [3.05, 3.63) is 0 Å². The van der Waals surface area contributed by atoms with E-state index >= 15 is 0 Å². The summed E-state index contributed by atoms with van der Waals surface area (Å²) in [5, 5.41) is 0. The van der Waals surface area contributed by atoms with Crippen molar-refractivity contribution in [2.45, 2.75) is 38.8 Å². The highest BCUT2D eigenvalue weighted by molar-refractivity contribution is 4.95. The normalized spacial score (nSPS) is 27.6. The molecule has 1 heterocycles. The smallest absolute Gasteiger partial charge is 0.0327 e. The first-order chi connectivity index (χ1) is 6.91. The Kier molecular flexibility index (Phi) is 4.15. The Morgan fingerprint density at radius 1 is 1.47 bits per heavy atom. The molecule has 0 bridgehead atoms. The molecule has 0 radical (unpaired) electrons. The van der Waals surface area contributed by atoms with Crippen LogP contribution in [0.25, 0.3) is 0 Å². The van der Waals surface area contributed by atoms with Crippen molar-refractivity contribution in [2.24, 2.45) is 11.7 Å². The highest BCUT2D eigenvalue weighted by atomic mass is 15.3. The fourth-order valence-electron chi connectivity index (χ4n) is 2.36. The Morgan fingerprint density at radius 2 is 2.07 bits per heavy atom. The van der Waals surface area contributed by atoms with Gasteiger partial charge >= 0.3 is 0 Å². The van der Waals surface area contributed by atoms with Crippen molar-refractivity contribution in [3.8, 4) is 0 Å². The molecule has 1 rings (SSSR count). The average Bonchev–Trinajstić information content (AvgIpc) is 2.65. The van der Waals surface area contributed by atoms with E-state index in [0.29, 0.717) is 12.0 Å². The largest absolute Gasteiger partial charge is 0.329 e. The van der Waals surface area contributed by atoms with E-state index in [4.69, 9.17) is 5.73 Å². The fourth-order valence-corrected chi connectivity index (χ4v) is 2.36. The predicted molar refractivity (Wildman–Crippen MR) is 66.0 cm³/mol. The zero-order valence-corrected chi connectivity index (χ0v) is 11.0. The number of nitrogens with zero attached hydrogens (tertiary/aromatic N) is 2. The lowest BCUT2D eigenvalue weighted by molar-refractivity contribution is 0.0856. The quantitative estimate of drug-likeness (QED) is 0.756. The second kappa shape index (κ2) is 4.81. The summed E-state index contributed by atoms with van der Waals surface area (Å²) in [6.45, 7) is 9.96. The van der Waals surface area contributed by atoms with Gasteiger partial charge in [-0.2, -0.15) is 0 Å². The molecule has 0 spiro atoms. The summed E-state index contributed by atoms with van der Waals surface area (Å²) in [7, 11) is 4.34. The first-order valence-corrected chi connectivity index (χ1v) is 6.03. The van der Waals surface area contributed by atoms with E-state index in [2.05, 4.69) is 44.7 Å². The van der Waals surface area contributed by atoms with Gasteiger partial charge in [-0.25, -0.2) is 0 Å². The zero-order chi connectivity index (χ0) is 11.6. The summed E-state index contributed by atoms with van der Waals surface area (Å²) in [5.41, 5.74) is 6.13. The first kappa shape index (κ1) is 12.9. The van der Waals surface area contributed by atoms with Crippen molar-refractivity contribution >= 4 is 0 Å². The Balaban J connectivity index is 2.65. The van der Waals surface area contributed by atoms with Gasteiger partial charge in [0.15, 0.2) is 0 Å². The minimum absolute atomic E-state index is 0.171. The highest BCUT2D eigenvalue weighted by Crippen LogP contribution is 2.28. The van der Waals surface area contributed by atoms with Gasteiger partial charge in [0.05, 0.1) is 0 Å². The molecule has 0 aromatic heterocycles. The molecule has 2 N–H and O–H groups in total. The summed E-state index contributed by atoms with van der Waals surface area (Å²) < 4.78 is 0. The average molecular weight is 213 g/mol. The van der Waals surface area contributed by atoms with Crippen molar-refractivity contribution in [2.75, 3.05) is 33.7 Å². The third kappa shape index (κ3) is 2.52. The number of hydrogen-bond acceptors (Lipinski definition) is 3. The fraction of sp³-hybridized carbons (Fsp3) is 1.00. The Morgan fingerprint density at radius 3 is 2.40 bits per heavy atom. The van der Waals surface area contributed by atoms with Crippen LogP contribution in [-0.2, 0) is 0 Å². The van der Waals surface area contributed by atoms with Crippen molar-refractivity contribution in [1.82, 2.24) is 9.80 Å². The summed E-state index contributed by atoms with van der Waals surface area (Å²) in [4.78, 5) is 4.90. The van der Waals surface area contributed by atoms with Gasteiger partial charge in [0, 0.05) is 31.2 Å². The SMILES string of the molecule is CC(C)C(C)(CN)N1CCC(N(C)C)C1. The Hall–Kier alpha value is -0.120. The summed E-state index contributed by atoms with van der Waals surface area (Å²) >= 11 is 0. The van der Waals surface area contributed by atoms with Crippen LogP contribution < -0.4 is 5.73 Å². The number of rotatable bonds is 4. The lowest BCUT2D eigenvalue weighted by atomic mass is 9.87. The van der Waals surface area contributed by atoms with Crippen LogP contribution in [0.3, 0.4) is 0 Å². The van der Waals surface area contributed by atoms with Gasteiger partial charge in [0.2, 0.25) is 0 Å². The maximum atomic E-state index is 5.95. The van der Waals surface area contributed by atoms with Crippen LogP contribution in [0.1, 0.15) is 27.2 Å². The van der Waals surface area contributed by atoms with Crippen molar-refractivity contribution in [1.29, 1.82) is 0 Å². The molecule has 0 saturated carbocycles. The van der Waals surface area contributed by atoms with E-state index in [9.17, 15) is 0 Å². The minimum Gasteiger partial charge on any atom is -0.329 e. The Bertz CT molecular complexity index is 203. The second-order valence-electron chi connectivity index (χ2n) is 5.57. The van der Waals surface area contributed by atoms with E-state index < -0.39 is 0 Å². The molecule has 2 unspecified atom stereocenters. The maximum Gasteiger partial charge on any atom is 0.0327 e. The van der Waals surface area contributed by atoms with E-state index in [1.54, 1.807) is 0 Å². The van der Waals surface area contributed by atoms with Gasteiger partial charge in [-0.15, -0.1) is 0 Å². The van der Waals surface area contributed by atoms with Crippen LogP contribution in [0.15, 0.2) is 0 Å². The molecule has 90 valence electrons. The highest BCUT2D eigenvalue weighted by Gasteiger charge is 2.38. The van der Waals surface area contributed by atoms with Gasteiger partial charge in [-0.1, -0.05) is 13.8 Å². The number of likely N-dealkylation sites (tertiary alicyclic amines) is 1. The summed E-state index contributed by atoms with van der Waals surface area (Å²) in [6, 6.07) is 0.703. The van der Waals surface area contributed by atoms with Crippen LogP contribution in [0, 0.1) is 5.92 Å². The van der Waals surface area contributed by atoms with Crippen molar-refractivity contribution in [3.63, 3.8) is 0 Å². The monoisotopic (exact) mass is 213 g/mol. The molecule has 2 atom stereocenters. The molecule has 0 amide bonds. The van der Waals surface area contributed by atoms with Crippen LogP contribution >= 0.6 is 0 Å². The molecule has 0 aromatic carbocycles. The summed E-state index contributed by atoms with van der Waals surface area (Å²) in [6.07, 6.45) is 1.27. The van der Waals surface area contributed by atoms with Crippen LogP contribution in [0.2, 0.25) is 0 Å². The van der Waals surface area contributed by atoms with Crippen LogP contribution in [0.5, 0.6) is 0 Å². The summed E-state index contributed by atoms with van der Waals surface area (Å²) in [5.74, 6) is 0.614. The predicted octanol–water partition coefficient (Wildman–Crippen LogP) is 0.996. The third-order valence-electron chi connectivity index (χ3n) is 4.27. The molecule has 1 aliphatic heterocycles. The van der Waals surface area contributed by atoms with E-state index in [1.807, 2.05) is 0 Å². The van der Waals surface area contributed by atoms with E-state index in [-0.39, 0.29) is 5.54 Å². The van der Waals surface area contributed by atoms with Gasteiger partial charge in [-0.05, 0) is 33.4 Å². The zero-order valence-electron chi connectivity index (χ0n) is 11.0. The molecule has 0 aliphatic carbocycles. The molecular weight excluding hydrogens is 186 g/mol. The molecular formula is C12H27N3. The third-order valence-corrected chi connectivity index (χ3v) is 4.27. The molecule has 1 saturated heterocycles. The standard InChI is InChI=1S/C12H27N3/c1-10(2)12(3,9-13)15-7-6-11(8-15)14(4)5/h10-11H,6-9,13H2,1-5H3. The second-order valence-corrected chi connectivity index (χ2v) is 5.57. The Labute approximate surface area is 94.6 Å². The maximum absolute atomic E-state index is 5.95. The van der Waals surface area contributed by atoms with Crippen LogP contribution in [-0.4, -0.2) is 55.1 Å². The number of hydrogen-bond donors (Lipinski definition) is 1. The molecule has 3 nitrogen and oxygen atoms in total. The molecule has 3 heteroatoms. The molecule has 15 heavy (non-hydrogen) atoms. The number of likely N-dealkylation sites (N-methyl/N-ethyl adjacent to an activating group) is 1. The van der Waals surface area contributed by atoms with Gasteiger partial charge < -0.3 is 10.6 Å². The van der Waals surface area contributed by atoms with E-state index in [0.717, 1.165) is 6.54 Å². The molecule has 0 aromatic rings. The van der Waals surface area contributed by atoms with E-state index in [1.165, 1.54) is 19.5 Å². The lowest BCUT2D eigenvalue weighted by Crippen LogP contribution is -2.54. The van der Waals surface area contributed by atoms with Crippen LogP contribution in [0.4, 0.5) is 0 Å². The lowest BCUT2D eigenvalue weighted by Gasteiger charge is -2.42. The van der Waals surface area contributed by atoms with Crippen molar-refractivity contribution < 1.29 is 0 Å².